The second-order valence-corrected chi connectivity index (χ2v) is 5.14. The van der Waals surface area contributed by atoms with E-state index in [1.54, 1.807) is 7.05 Å². The highest BCUT2D eigenvalue weighted by atomic mass is 79.9. The van der Waals surface area contributed by atoms with Crippen LogP contribution >= 0.6 is 15.9 Å². The molecule has 0 saturated heterocycles. The van der Waals surface area contributed by atoms with Crippen LogP contribution in [-0.2, 0) is 0 Å². The van der Waals surface area contributed by atoms with Crippen LogP contribution in [0.2, 0.25) is 0 Å². The quantitative estimate of drug-likeness (QED) is 0.861. The van der Waals surface area contributed by atoms with Crippen LogP contribution in [0.25, 0.3) is 0 Å². The van der Waals surface area contributed by atoms with E-state index in [4.69, 9.17) is 4.74 Å². The van der Waals surface area contributed by atoms with Crippen LogP contribution in [0, 0.1) is 0 Å². The van der Waals surface area contributed by atoms with Crippen molar-refractivity contribution in [2.24, 2.45) is 0 Å². The fraction of sp³-hybridized carbons (Fsp3) is 0.357. The van der Waals surface area contributed by atoms with Gasteiger partial charge in [-0.15, -0.1) is 0 Å². The topological polar surface area (TPSA) is 63.2 Å². The first-order valence-corrected chi connectivity index (χ1v) is 7.57. The normalized spacial score (nSPS) is 10.3. The van der Waals surface area contributed by atoms with Gasteiger partial charge in [-0.3, -0.25) is 0 Å². The van der Waals surface area contributed by atoms with E-state index in [0.29, 0.717) is 17.6 Å². The molecule has 0 aliphatic carbocycles. The van der Waals surface area contributed by atoms with E-state index in [9.17, 15) is 0 Å². The molecule has 2 aromatic rings. The second kappa shape index (κ2) is 7.21. The van der Waals surface area contributed by atoms with Gasteiger partial charge in [-0.25, -0.2) is 0 Å². The van der Waals surface area contributed by atoms with Crippen LogP contribution < -0.4 is 15.0 Å². The molecule has 7 heteroatoms. The van der Waals surface area contributed by atoms with Gasteiger partial charge in [0, 0.05) is 24.6 Å². The van der Waals surface area contributed by atoms with Gasteiger partial charge >= 0.3 is 6.01 Å². The van der Waals surface area contributed by atoms with Gasteiger partial charge < -0.3 is 15.0 Å². The van der Waals surface area contributed by atoms with E-state index in [1.165, 1.54) is 0 Å². The number of nitrogens with zero attached hydrogens (tertiary/aromatic N) is 4. The van der Waals surface area contributed by atoms with E-state index < -0.39 is 0 Å². The maximum atomic E-state index is 5.72. The third-order valence-electron chi connectivity index (χ3n) is 2.88. The molecule has 0 aliphatic heterocycles. The fourth-order valence-corrected chi connectivity index (χ4v) is 2.17. The van der Waals surface area contributed by atoms with Crippen LogP contribution in [0.15, 0.2) is 28.7 Å². The average Bonchev–Trinajstić information content (AvgIpc) is 2.48. The number of aromatic nitrogens is 3. The standard InChI is InChI=1S/C14H18BrN5O/c1-4-20(5-2)13-17-12(16-3)18-14(19-13)21-11-8-6-7-10(15)9-11/h6-9H,4-5H2,1-3H3,(H,16,17,18,19). The molecule has 2 rings (SSSR count). The Morgan fingerprint density at radius 3 is 2.57 bits per heavy atom. The van der Waals surface area contributed by atoms with E-state index in [0.717, 1.165) is 17.6 Å². The van der Waals surface area contributed by atoms with Crippen molar-refractivity contribution < 1.29 is 4.74 Å². The smallest absolute Gasteiger partial charge is 0.328 e. The molecule has 0 radical (unpaired) electrons. The Bertz CT molecular complexity index is 604. The minimum Gasteiger partial charge on any atom is -0.424 e. The van der Waals surface area contributed by atoms with E-state index in [1.807, 2.05) is 29.2 Å². The zero-order chi connectivity index (χ0) is 15.2. The molecule has 1 heterocycles. The summed E-state index contributed by atoms with van der Waals surface area (Å²) in [5.74, 6) is 1.75. The first kappa shape index (κ1) is 15.5. The van der Waals surface area contributed by atoms with Gasteiger partial charge in [-0.2, -0.15) is 15.0 Å². The number of halogens is 1. The Morgan fingerprint density at radius 2 is 1.95 bits per heavy atom. The maximum absolute atomic E-state index is 5.72. The summed E-state index contributed by atoms with van der Waals surface area (Å²) in [5.41, 5.74) is 0. The lowest BCUT2D eigenvalue weighted by molar-refractivity contribution is 0.440. The van der Waals surface area contributed by atoms with Crippen molar-refractivity contribution in [3.63, 3.8) is 0 Å². The summed E-state index contributed by atoms with van der Waals surface area (Å²) in [6.45, 7) is 5.75. The number of nitrogens with one attached hydrogen (secondary N) is 1. The number of hydrogen-bond donors (Lipinski definition) is 1. The van der Waals surface area contributed by atoms with Gasteiger partial charge in [0.2, 0.25) is 11.9 Å². The summed E-state index contributed by atoms with van der Waals surface area (Å²) >= 11 is 3.41. The molecule has 1 aromatic heterocycles. The molecule has 21 heavy (non-hydrogen) atoms. The van der Waals surface area contributed by atoms with Gasteiger partial charge in [0.25, 0.3) is 0 Å². The number of rotatable bonds is 6. The van der Waals surface area contributed by atoms with Gasteiger partial charge in [0.15, 0.2) is 0 Å². The van der Waals surface area contributed by atoms with Crippen molar-refractivity contribution >= 4 is 27.8 Å². The predicted octanol–water partition coefficient (Wildman–Crippen LogP) is 3.31. The first-order valence-electron chi connectivity index (χ1n) is 6.78. The van der Waals surface area contributed by atoms with Gasteiger partial charge in [-0.1, -0.05) is 22.0 Å². The highest BCUT2D eigenvalue weighted by Gasteiger charge is 2.12. The van der Waals surface area contributed by atoms with Gasteiger partial charge in [0.05, 0.1) is 0 Å². The number of ether oxygens (including phenoxy) is 1. The van der Waals surface area contributed by atoms with Gasteiger partial charge in [-0.05, 0) is 32.0 Å². The molecular formula is C14H18BrN5O. The Labute approximate surface area is 132 Å². The van der Waals surface area contributed by atoms with Crippen molar-refractivity contribution in [2.45, 2.75) is 13.8 Å². The molecule has 0 saturated carbocycles. The molecule has 0 unspecified atom stereocenters. The third-order valence-corrected chi connectivity index (χ3v) is 3.37. The molecule has 0 amide bonds. The van der Waals surface area contributed by atoms with E-state index >= 15 is 0 Å². The first-order chi connectivity index (χ1) is 10.2. The molecular weight excluding hydrogens is 334 g/mol. The molecule has 1 aromatic carbocycles. The Hall–Kier alpha value is -1.89. The SMILES string of the molecule is CCN(CC)c1nc(NC)nc(Oc2cccc(Br)c2)n1. The maximum Gasteiger partial charge on any atom is 0.328 e. The Morgan fingerprint density at radius 1 is 1.19 bits per heavy atom. The van der Waals surface area contributed by atoms with Crippen LogP contribution in [0.4, 0.5) is 11.9 Å². The average molecular weight is 352 g/mol. The minimum absolute atomic E-state index is 0.273. The van der Waals surface area contributed by atoms with Crippen LogP contribution in [0.1, 0.15) is 13.8 Å². The largest absolute Gasteiger partial charge is 0.424 e. The molecule has 0 atom stereocenters. The van der Waals surface area contributed by atoms with Crippen molar-refractivity contribution in [1.82, 2.24) is 15.0 Å². The number of hydrogen-bond acceptors (Lipinski definition) is 6. The van der Waals surface area contributed by atoms with E-state index in [-0.39, 0.29) is 6.01 Å². The van der Waals surface area contributed by atoms with Crippen molar-refractivity contribution in [1.29, 1.82) is 0 Å². The minimum atomic E-state index is 0.273. The van der Waals surface area contributed by atoms with Crippen LogP contribution in [-0.4, -0.2) is 35.1 Å². The predicted molar refractivity (Wildman–Crippen MR) is 87.2 cm³/mol. The molecule has 0 aliphatic rings. The summed E-state index contributed by atoms with van der Waals surface area (Å²) in [4.78, 5) is 15.0. The second-order valence-electron chi connectivity index (χ2n) is 4.22. The summed E-state index contributed by atoms with van der Waals surface area (Å²) in [6, 6.07) is 7.81. The van der Waals surface area contributed by atoms with Crippen molar-refractivity contribution in [3.05, 3.63) is 28.7 Å². The molecule has 112 valence electrons. The van der Waals surface area contributed by atoms with Crippen molar-refractivity contribution in [3.8, 4) is 11.8 Å². The lowest BCUT2D eigenvalue weighted by Gasteiger charge is -2.19. The summed E-state index contributed by atoms with van der Waals surface area (Å²) in [5, 5.41) is 2.93. The highest BCUT2D eigenvalue weighted by Crippen LogP contribution is 2.23. The Balaban J connectivity index is 2.32. The molecule has 6 nitrogen and oxygen atoms in total. The van der Waals surface area contributed by atoms with Crippen molar-refractivity contribution in [2.75, 3.05) is 30.4 Å². The molecule has 0 bridgehead atoms. The number of anilines is 2. The lowest BCUT2D eigenvalue weighted by Crippen LogP contribution is -2.25. The highest BCUT2D eigenvalue weighted by molar-refractivity contribution is 9.10. The monoisotopic (exact) mass is 351 g/mol. The Kier molecular flexibility index (Phi) is 5.32. The molecule has 0 fully saturated rings. The lowest BCUT2D eigenvalue weighted by atomic mass is 10.3. The van der Waals surface area contributed by atoms with E-state index in [2.05, 4.69) is 50.0 Å². The summed E-state index contributed by atoms with van der Waals surface area (Å²) in [7, 11) is 1.77. The zero-order valence-corrected chi connectivity index (χ0v) is 13.9. The number of benzene rings is 1. The zero-order valence-electron chi connectivity index (χ0n) is 12.3. The molecule has 0 spiro atoms. The van der Waals surface area contributed by atoms with Gasteiger partial charge in [0.1, 0.15) is 5.75 Å². The van der Waals surface area contributed by atoms with Crippen LogP contribution in [0.5, 0.6) is 11.8 Å². The van der Waals surface area contributed by atoms with Crippen LogP contribution in [0.3, 0.4) is 0 Å². The third kappa shape index (κ3) is 4.04. The fourth-order valence-electron chi connectivity index (χ4n) is 1.79. The summed E-state index contributed by atoms with van der Waals surface area (Å²) in [6.07, 6.45) is 0. The summed E-state index contributed by atoms with van der Waals surface area (Å²) < 4.78 is 6.66. The molecule has 1 N–H and O–H groups in total.